The van der Waals surface area contributed by atoms with Gasteiger partial charge in [-0.3, -0.25) is 9.48 Å². The van der Waals surface area contributed by atoms with Gasteiger partial charge >= 0.3 is 0 Å². The van der Waals surface area contributed by atoms with Gasteiger partial charge in [-0.25, -0.2) is 4.39 Å². The average Bonchev–Trinajstić information content (AvgIpc) is 2.61. The number of carbonyl (C=O) groups is 1. The second kappa shape index (κ2) is 5.12. The quantitative estimate of drug-likeness (QED) is 0.830. The zero-order valence-electron chi connectivity index (χ0n) is 10.5. The summed E-state index contributed by atoms with van der Waals surface area (Å²) < 4.78 is 15.0. The minimum absolute atomic E-state index is 0.0497. The third kappa shape index (κ3) is 2.83. The highest BCUT2D eigenvalue weighted by Crippen LogP contribution is 2.09. The molecule has 2 aromatic rings. The number of rotatable bonds is 4. The third-order valence-corrected chi connectivity index (χ3v) is 2.77. The van der Waals surface area contributed by atoms with Crippen molar-refractivity contribution in [1.29, 1.82) is 0 Å². The number of hydrogen-bond donors (Lipinski definition) is 0. The molecule has 0 fully saturated rings. The van der Waals surface area contributed by atoms with E-state index in [0.29, 0.717) is 5.56 Å². The summed E-state index contributed by atoms with van der Waals surface area (Å²) in [6.07, 6.45) is 0.102. The molecule has 4 heteroatoms. The summed E-state index contributed by atoms with van der Waals surface area (Å²) in [7, 11) is 0. The lowest BCUT2D eigenvalue weighted by molar-refractivity contribution is -0.119. The number of nitrogens with zero attached hydrogens (tertiary/aromatic N) is 2. The highest BCUT2D eigenvalue weighted by atomic mass is 19.1. The van der Waals surface area contributed by atoms with Gasteiger partial charge in [-0.2, -0.15) is 5.10 Å². The van der Waals surface area contributed by atoms with Crippen LogP contribution in [0, 0.1) is 19.7 Å². The number of aromatic nitrogens is 2. The van der Waals surface area contributed by atoms with Crippen LogP contribution in [0.3, 0.4) is 0 Å². The first-order chi connectivity index (χ1) is 8.56. The van der Waals surface area contributed by atoms with Crippen molar-refractivity contribution < 1.29 is 9.18 Å². The van der Waals surface area contributed by atoms with E-state index in [-0.39, 0.29) is 24.6 Å². The van der Waals surface area contributed by atoms with Gasteiger partial charge in [-0.05, 0) is 31.5 Å². The van der Waals surface area contributed by atoms with Crippen molar-refractivity contribution in [2.75, 3.05) is 0 Å². The van der Waals surface area contributed by atoms with Crippen LogP contribution in [0.4, 0.5) is 4.39 Å². The molecule has 94 valence electrons. The molecule has 18 heavy (non-hydrogen) atoms. The second-order valence-corrected chi connectivity index (χ2v) is 4.39. The molecule has 0 N–H and O–H groups in total. The van der Waals surface area contributed by atoms with Gasteiger partial charge in [0, 0.05) is 12.1 Å². The predicted molar refractivity (Wildman–Crippen MR) is 66.8 cm³/mol. The summed E-state index contributed by atoms with van der Waals surface area (Å²) in [5, 5.41) is 4.22. The van der Waals surface area contributed by atoms with Crippen molar-refractivity contribution in [1.82, 2.24) is 9.78 Å². The molecule has 0 saturated carbocycles. The Hall–Kier alpha value is -1.97. The smallest absolute Gasteiger partial charge is 0.158 e. The van der Waals surface area contributed by atoms with Gasteiger partial charge in [0.15, 0.2) is 5.78 Å². The molecule has 0 amide bonds. The largest absolute Gasteiger partial charge is 0.297 e. The van der Waals surface area contributed by atoms with E-state index >= 15 is 0 Å². The van der Waals surface area contributed by atoms with E-state index in [4.69, 9.17) is 0 Å². The molecule has 1 aromatic carbocycles. The van der Waals surface area contributed by atoms with Gasteiger partial charge in [0.2, 0.25) is 0 Å². The zero-order chi connectivity index (χ0) is 13.1. The molecule has 0 radical (unpaired) electrons. The molecule has 0 spiro atoms. The van der Waals surface area contributed by atoms with Crippen LogP contribution >= 0.6 is 0 Å². The Balaban J connectivity index is 2.06. The highest BCUT2D eigenvalue weighted by molar-refractivity contribution is 5.80. The van der Waals surface area contributed by atoms with E-state index < -0.39 is 0 Å². The number of halogens is 1. The first kappa shape index (κ1) is 12.5. The molecule has 3 nitrogen and oxygen atoms in total. The zero-order valence-corrected chi connectivity index (χ0v) is 10.5. The number of benzene rings is 1. The topological polar surface area (TPSA) is 34.9 Å². The van der Waals surface area contributed by atoms with Crippen LogP contribution in [-0.2, 0) is 17.8 Å². The first-order valence-corrected chi connectivity index (χ1v) is 5.82. The number of hydrogen-bond acceptors (Lipinski definition) is 2. The maximum atomic E-state index is 13.4. The molecular weight excluding hydrogens is 231 g/mol. The lowest BCUT2D eigenvalue weighted by Gasteiger charge is -2.04. The first-order valence-electron chi connectivity index (χ1n) is 5.82. The summed E-state index contributed by atoms with van der Waals surface area (Å²) >= 11 is 0. The van der Waals surface area contributed by atoms with E-state index in [1.54, 1.807) is 22.9 Å². The van der Waals surface area contributed by atoms with Crippen molar-refractivity contribution >= 4 is 5.78 Å². The number of Topliss-reactive ketones (excluding diaryl/α,β-unsaturated/α-hetero) is 1. The van der Waals surface area contributed by atoms with Gasteiger partial charge in [-0.15, -0.1) is 0 Å². The number of carbonyl (C=O) groups excluding carboxylic acids is 1. The number of aryl methyl sites for hydroxylation is 2. The molecular formula is C14H15FN2O. The molecule has 0 atom stereocenters. The Labute approximate surface area is 105 Å². The van der Waals surface area contributed by atoms with E-state index in [0.717, 1.165) is 11.4 Å². The molecule has 0 aliphatic carbocycles. The van der Waals surface area contributed by atoms with Gasteiger partial charge in [0.25, 0.3) is 0 Å². The van der Waals surface area contributed by atoms with Crippen molar-refractivity contribution in [3.8, 4) is 0 Å². The maximum absolute atomic E-state index is 13.4. The molecule has 0 aliphatic heterocycles. The third-order valence-electron chi connectivity index (χ3n) is 2.77. The molecule has 0 bridgehead atoms. The van der Waals surface area contributed by atoms with Crippen LogP contribution in [0.1, 0.15) is 17.0 Å². The molecule has 0 unspecified atom stereocenters. The SMILES string of the molecule is Cc1cc(C)n(CC(=O)Cc2ccccc2F)n1. The van der Waals surface area contributed by atoms with Crippen LogP contribution in [0.5, 0.6) is 0 Å². The molecule has 1 aromatic heterocycles. The molecule has 2 rings (SSSR count). The monoisotopic (exact) mass is 246 g/mol. The lowest BCUT2D eigenvalue weighted by Crippen LogP contribution is -2.15. The Bertz CT molecular complexity index is 575. The van der Waals surface area contributed by atoms with Crippen LogP contribution in [0.15, 0.2) is 30.3 Å². The minimum Gasteiger partial charge on any atom is -0.297 e. The van der Waals surface area contributed by atoms with Crippen molar-refractivity contribution in [3.63, 3.8) is 0 Å². The van der Waals surface area contributed by atoms with Crippen LogP contribution < -0.4 is 0 Å². The van der Waals surface area contributed by atoms with Crippen LogP contribution in [0.2, 0.25) is 0 Å². The fourth-order valence-corrected chi connectivity index (χ4v) is 1.91. The molecule has 1 heterocycles. The van der Waals surface area contributed by atoms with Crippen molar-refractivity contribution in [2.45, 2.75) is 26.8 Å². The average molecular weight is 246 g/mol. The lowest BCUT2D eigenvalue weighted by atomic mass is 10.1. The Morgan fingerprint density at radius 1 is 1.33 bits per heavy atom. The summed E-state index contributed by atoms with van der Waals surface area (Å²) in [5.41, 5.74) is 2.25. The van der Waals surface area contributed by atoms with E-state index in [2.05, 4.69) is 5.10 Å². The van der Waals surface area contributed by atoms with Crippen molar-refractivity contribution in [2.24, 2.45) is 0 Å². The van der Waals surface area contributed by atoms with E-state index in [1.165, 1.54) is 6.07 Å². The van der Waals surface area contributed by atoms with Gasteiger partial charge < -0.3 is 0 Å². The summed E-state index contributed by atoms with van der Waals surface area (Å²) in [6.45, 7) is 3.97. The van der Waals surface area contributed by atoms with Crippen LogP contribution in [-0.4, -0.2) is 15.6 Å². The minimum atomic E-state index is -0.334. The van der Waals surface area contributed by atoms with E-state index in [9.17, 15) is 9.18 Å². The van der Waals surface area contributed by atoms with E-state index in [1.807, 2.05) is 19.9 Å². The van der Waals surface area contributed by atoms with Gasteiger partial charge in [-0.1, -0.05) is 18.2 Å². The predicted octanol–water partition coefficient (Wildman–Crippen LogP) is 2.45. The molecule has 0 saturated heterocycles. The summed E-state index contributed by atoms with van der Waals surface area (Å²) in [5.74, 6) is -0.384. The van der Waals surface area contributed by atoms with Crippen LogP contribution in [0.25, 0.3) is 0 Å². The highest BCUT2D eigenvalue weighted by Gasteiger charge is 2.10. The normalized spacial score (nSPS) is 10.6. The summed E-state index contributed by atoms with van der Waals surface area (Å²) in [6, 6.07) is 8.26. The Morgan fingerprint density at radius 2 is 2.06 bits per heavy atom. The fourth-order valence-electron chi connectivity index (χ4n) is 1.91. The fraction of sp³-hybridized carbons (Fsp3) is 0.286. The van der Waals surface area contributed by atoms with Gasteiger partial charge in [0.1, 0.15) is 12.4 Å². The second-order valence-electron chi connectivity index (χ2n) is 4.39. The van der Waals surface area contributed by atoms with Gasteiger partial charge in [0.05, 0.1) is 5.69 Å². The molecule has 0 aliphatic rings. The number of ketones is 1. The standard InChI is InChI=1S/C14H15FN2O/c1-10-7-11(2)17(16-10)9-13(18)8-12-5-3-4-6-14(12)15/h3-7H,8-9H2,1-2H3. The van der Waals surface area contributed by atoms with Crippen molar-refractivity contribution in [3.05, 3.63) is 53.1 Å². The Kier molecular flexibility index (Phi) is 3.55. The Morgan fingerprint density at radius 3 is 2.67 bits per heavy atom. The maximum Gasteiger partial charge on any atom is 0.158 e. The summed E-state index contributed by atoms with van der Waals surface area (Å²) in [4.78, 5) is 11.9.